The molecule has 2 atom stereocenters. The smallest absolute Gasteiger partial charge is 0.153 e. The monoisotopic (exact) mass is 502 g/mol. The second-order valence-electron chi connectivity index (χ2n) is 10.1. The molecule has 0 saturated carbocycles. The normalized spacial score (nSPS) is 18.1. The van der Waals surface area contributed by atoms with Crippen LogP contribution in [0.3, 0.4) is 0 Å². The molecule has 0 spiro atoms. The van der Waals surface area contributed by atoms with Crippen LogP contribution in [0.1, 0.15) is 92.3 Å². The van der Waals surface area contributed by atoms with Crippen LogP contribution in [-0.2, 0) is 19.4 Å². The molecule has 0 bridgehead atoms. The minimum Gasteiger partial charge on any atom is -0.493 e. The van der Waals surface area contributed by atoms with E-state index >= 15 is 0 Å². The molecule has 4 nitrogen and oxygen atoms in total. The van der Waals surface area contributed by atoms with Crippen molar-refractivity contribution in [2.75, 3.05) is 13.2 Å². The highest BCUT2D eigenvalue weighted by Crippen LogP contribution is 2.33. The van der Waals surface area contributed by atoms with Gasteiger partial charge in [-0.1, -0.05) is 52.4 Å². The van der Waals surface area contributed by atoms with E-state index in [0.29, 0.717) is 42.6 Å². The van der Waals surface area contributed by atoms with E-state index in [0.717, 1.165) is 42.6 Å². The van der Waals surface area contributed by atoms with Crippen LogP contribution in [0, 0.1) is 23.5 Å². The predicted octanol–water partition coefficient (Wildman–Crippen LogP) is 7.22. The Labute approximate surface area is 214 Å². The van der Waals surface area contributed by atoms with Gasteiger partial charge in [0.2, 0.25) is 0 Å². The highest BCUT2D eigenvalue weighted by Gasteiger charge is 2.22. The second-order valence-corrected chi connectivity index (χ2v) is 10.1. The Balaban J connectivity index is 0.000000201. The van der Waals surface area contributed by atoms with Crippen molar-refractivity contribution in [3.63, 3.8) is 0 Å². The van der Waals surface area contributed by atoms with Gasteiger partial charge in [0.25, 0.3) is 0 Å². The molecule has 2 unspecified atom stereocenters. The number of rotatable bonds is 10. The van der Waals surface area contributed by atoms with Crippen LogP contribution in [-0.4, -0.2) is 24.6 Å². The van der Waals surface area contributed by atoms with E-state index in [1.807, 2.05) is 0 Å². The first-order valence-electron chi connectivity index (χ1n) is 13.4. The molecule has 2 aromatic carbocycles. The average Bonchev–Trinajstić information content (AvgIpc) is 2.88. The third kappa shape index (κ3) is 7.76. The topological polar surface area (TPSA) is 55.8 Å². The standard InChI is InChI=1S/C15H21FO2.C15H19FO2/c2*1-2-3-4-5-11-6-12-7-14(16)13(9-17)8-15(12)18-10-11/h7-8,11,17H,2-6,9-10H2,1H3;7-9,11H,2-6,10H2,1H3. The van der Waals surface area contributed by atoms with Crippen LogP contribution < -0.4 is 9.47 Å². The summed E-state index contributed by atoms with van der Waals surface area (Å²) in [5, 5.41) is 9.02. The van der Waals surface area contributed by atoms with Gasteiger partial charge in [0, 0.05) is 5.56 Å². The van der Waals surface area contributed by atoms with Crippen LogP contribution in [0.2, 0.25) is 0 Å². The van der Waals surface area contributed by atoms with Crippen LogP contribution >= 0.6 is 0 Å². The maximum atomic E-state index is 13.6. The maximum absolute atomic E-state index is 13.6. The number of unbranched alkanes of at least 4 members (excludes halogenated alkanes) is 4. The molecule has 2 aliphatic heterocycles. The summed E-state index contributed by atoms with van der Waals surface area (Å²) < 4.78 is 38.4. The summed E-state index contributed by atoms with van der Waals surface area (Å²) in [6.45, 7) is 5.50. The number of benzene rings is 2. The molecule has 0 aliphatic carbocycles. The third-order valence-electron chi connectivity index (χ3n) is 7.10. The summed E-state index contributed by atoms with van der Waals surface area (Å²) >= 11 is 0. The molecule has 2 aliphatic rings. The van der Waals surface area contributed by atoms with Gasteiger partial charge in [0.1, 0.15) is 23.1 Å². The summed E-state index contributed by atoms with van der Waals surface area (Å²) in [7, 11) is 0. The Kier molecular flexibility index (Phi) is 11.2. The van der Waals surface area contributed by atoms with E-state index in [1.54, 1.807) is 6.07 Å². The highest BCUT2D eigenvalue weighted by atomic mass is 19.1. The first-order valence-corrected chi connectivity index (χ1v) is 13.4. The molecule has 0 fully saturated rings. The number of hydrogen-bond donors (Lipinski definition) is 1. The Morgan fingerprint density at radius 2 is 1.36 bits per heavy atom. The Hall–Kier alpha value is -2.47. The minimum atomic E-state index is -0.443. The lowest BCUT2D eigenvalue weighted by molar-refractivity contribution is 0.111. The van der Waals surface area contributed by atoms with Crippen LogP contribution in [0.25, 0.3) is 0 Å². The minimum absolute atomic E-state index is 0.0817. The zero-order valence-electron chi connectivity index (χ0n) is 21.7. The number of ether oxygens (including phenoxy) is 2. The van der Waals surface area contributed by atoms with Crippen molar-refractivity contribution in [3.05, 3.63) is 58.2 Å². The first kappa shape index (κ1) is 28.1. The molecular weight excluding hydrogens is 462 g/mol. The molecule has 0 aromatic heterocycles. The summed E-state index contributed by atoms with van der Waals surface area (Å²) in [6, 6.07) is 6.12. The lowest BCUT2D eigenvalue weighted by atomic mass is 9.91. The van der Waals surface area contributed by atoms with Gasteiger partial charge in [0.05, 0.1) is 25.4 Å². The molecule has 0 saturated heterocycles. The van der Waals surface area contributed by atoms with Crippen molar-refractivity contribution in [1.29, 1.82) is 0 Å². The number of aliphatic hydroxyl groups is 1. The zero-order chi connectivity index (χ0) is 25.9. The van der Waals surface area contributed by atoms with E-state index in [-0.39, 0.29) is 18.0 Å². The zero-order valence-corrected chi connectivity index (χ0v) is 21.7. The molecule has 4 rings (SSSR count). The number of aliphatic hydroxyl groups excluding tert-OH is 1. The predicted molar refractivity (Wildman–Crippen MR) is 138 cm³/mol. The van der Waals surface area contributed by atoms with Gasteiger partial charge in [0.15, 0.2) is 6.29 Å². The molecule has 0 radical (unpaired) electrons. The van der Waals surface area contributed by atoms with E-state index in [9.17, 15) is 13.6 Å². The van der Waals surface area contributed by atoms with Gasteiger partial charge in [-0.2, -0.15) is 0 Å². The summed E-state index contributed by atoms with van der Waals surface area (Å²) in [5.41, 5.74) is 2.24. The largest absolute Gasteiger partial charge is 0.493 e. The Morgan fingerprint density at radius 1 is 0.833 bits per heavy atom. The Morgan fingerprint density at radius 3 is 1.86 bits per heavy atom. The fraction of sp³-hybridized carbons (Fsp3) is 0.567. The van der Waals surface area contributed by atoms with Crippen LogP contribution in [0.5, 0.6) is 11.5 Å². The fourth-order valence-corrected chi connectivity index (χ4v) is 4.94. The molecular formula is C30H40F2O4. The van der Waals surface area contributed by atoms with E-state index in [2.05, 4.69) is 13.8 Å². The van der Waals surface area contributed by atoms with Gasteiger partial charge in [-0.05, 0) is 72.9 Å². The van der Waals surface area contributed by atoms with Gasteiger partial charge < -0.3 is 14.6 Å². The number of aldehydes is 1. The summed E-state index contributed by atoms with van der Waals surface area (Å²) in [4.78, 5) is 10.7. The number of carbonyl (C=O) groups excluding carboxylic acids is 1. The SMILES string of the molecule is CCCCCC1COc2cc(C=O)c(F)cc2C1.CCCCCC1COc2cc(CO)c(F)cc2C1. The maximum Gasteiger partial charge on any atom is 0.153 e. The second kappa shape index (κ2) is 14.3. The van der Waals surface area contributed by atoms with Crippen molar-refractivity contribution in [2.45, 2.75) is 84.7 Å². The van der Waals surface area contributed by atoms with Gasteiger partial charge >= 0.3 is 0 Å². The quantitative estimate of drug-likeness (QED) is 0.275. The molecule has 36 heavy (non-hydrogen) atoms. The lowest BCUT2D eigenvalue weighted by Crippen LogP contribution is -2.21. The number of fused-ring (bicyclic) bond motifs is 2. The summed E-state index contributed by atoms with van der Waals surface area (Å²) in [6.07, 6.45) is 11.9. The lowest BCUT2D eigenvalue weighted by Gasteiger charge is -2.26. The Bertz CT molecular complexity index is 991. The molecule has 2 aromatic rings. The van der Waals surface area contributed by atoms with Crippen LogP contribution in [0.15, 0.2) is 24.3 Å². The van der Waals surface area contributed by atoms with E-state index in [4.69, 9.17) is 14.6 Å². The highest BCUT2D eigenvalue weighted by molar-refractivity contribution is 5.76. The van der Waals surface area contributed by atoms with Gasteiger partial charge in [-0.25, -0.2) is 8.78 Å². The molecule has 0 amide bonds. The molecule has 198 valence electrons. The van der Waals surface area contributed by atoms with Gasteiger partial charge in [-0.15, -0.1) is 0 Å². The number of carbonyl (C=O) groups is 1. The third-order valence-corrected chi connectivity index (χ3v) is 7.10. The van der Waals surface area contributed by atoms with Crippen LogP contribution in [0.4, 0.5) is 8.78 Å². The van der Waals surface area contributed by atoms with E-state index < -0.39 is 5.82 Å². The fourth-order valence-electron chi connectivity index (χ4n) is 4.94. The van der Waals surface area contributed by atoms with Crippen molar-refractivity contribution in [2.24, 2.45) is 11.8 Å². The van der Waals surface area contributed by atoms with Crippen molar-refractivity contribution in [3.8, 4) is 11.5 Å². The van der Waals surface area contributed by atoms with Gasteiger partial charge in [-0.3, -0.25) is 4.79 Å². The average molecular weight is 503 g/mol. The molecule has 1 N–H and O–H groups in total. The first-order chi connectivity index (χ1) is 17.5. The molecule has 6 heteroatoms. The molecule has 2 heterocycles. The number of hydrogen-bond acceptors (Lipinski definition) is 4. The van der Waals surface area contributed by atoms with Crippen molar-refractivity contribution >= 4 is 6.29 Å². The van der Waals surface area contributed by atoms with Crippen molar-refractivity contribution < 1.29 is 28.2 Å². The summed E-state index contributed by atoms with van der Waals surface area (Å²) in [5.74, 6) is 1.63. The van der Waals surface area contributed by atoms with E-state index in [1.165, 1.54) is 56.7 Å². The number of halogens is 2. The van der Waals surface area contributed by atoms with Crippen molar-refractivity contribution in [1.82, 2.24) is 0 Å².